The van der Waals surface area contributed by atoms with Crippen LogP contribution in [0.5, 0.6) is 0 Å². The number of halogens is 2. The molecule has 0 fully saturated rings. The second-order valence-corrected chi connectivity index (χ2v) is 2.97. The molecule has 4 heteroatoms. The Kier molecular flexibility index (Phi) is 2.13. The molecule has 0 atom stereocenters. The largest absolute Gasteiger partial charge is 0.316 e. The Morgan fingerprint density at radius 2 is 2.22 bits per heavy atom. The zero-order valence-electron chi connectivity index (χ0n) is 4.32. The molecule has 1 N–H and O–H groups in total. The fraction of sp³-hybridized carbons (Fsp3) is 0. The third kappa shape index (κ3) is 1.69. The van der Waals surface area contributed by atoms with Gasteiger partial charge in [0.2, 0.25) is 5.56 Å². The summed E-state index contributed by atoms with van der Waals surface area (Å²) in [6, 6.07) is 2.96. The first-order valence-electron chi connectivity index (χ1n) is 2.24. The minimum absolute atomic E-state index is 0.121. The van der Waals surface area contributed by atoms with Gasteiger partial charge >= 0.3 is 0 Å². The number of hydrogen-bond donors (Lipinski definition) is 1. The molecule has 0 aromatic carbocycles. The average Bonchev–Trinajstić information content (AvgIpc) is 1.80. The summed E-state index contributed by atoms with van der Waals surface area (Å²) >= 11 is 7.57. The van der Waals surface area contributed by atoms with Crippen LogP contribution in [0.25, 0.3) is 0 Å². The second-order valence-electron chi connectivity index (χ2n) is 1.48. The van der Waals surface area contributed by atoms with Gasteiger partial charge in [-0.3, -0.25) is 4.79 Å². The summed E-state index contributed by atoms with van der Waals surface area (Å²) in [6.45, 7) is 0. The van der Waals surface area contributed by atoms with Gasteiger partial charge in [-0.15, -0.1) is 0 Å². The van der Waals surface area contributed by atoms with Crippen LogP contribution in [-0.4, -0.2) is 4.98 Å². The molecule has 0 saturated heterocycles. The molecule has 1 aromatic heterocycles. The molecule has 0 aliphatic rings. The standard InChI is InChI=1S/C5H3ClINO/c6-3-1-2-4(9)8-5(3)7/h1-2H,(H,8,9). The topological polar surface area (TPSA) is 32.9 Å². The minimum atomic E-state index is -0.121. The Bertz CT molecular complexity index is 270. The summed E-state index contributed by atoms with van der Waals surface area (Å²) in [5, 5.41) is 0.579. The molecule has 0 aliphatic heterocycles. The van der Waals surface area contributed by atoms with Gasteiger partial charge in [0, 0.05) is 6.07 Å². The molecule has 0 bridgehead atoms. The first-order valence-corrected chi connectivity index (χ1v) is 3.70. The van der Waals surface area contributed by atoms with Gasteiger partial charge in [-0.1, -0.05) is 11.6 Å². The van der Waals surface area contributed by atoms with E-state index in [1.165, 1.54) is 6.07 Å². The van der Waals surface area contributed by atoms with Crippen LogP contribution in [-0.2, 0) is 0 Å². The van der Waals surface area contributed by atoms with Gasteiger partial charge in [0.1, 0.15) is 0 Å². The van der Waals surface area contributed by atoms with Crippen molar-refractivity contribution < 1.29 is 0 Å². The van der Waals surface area contributed by atoms with Crippen molar-refractivity contribution in [3.63, 3.8) is 0 Å². The number of rotatable bonds is 0. The molecule has 0 aliphatic carbocycles. The number of aromatic nitrogens is 1. The molecule has 1 rings (SSSR count). The highest BCUT2D eigenvalue weighted by Crippen LogP contribution is 2.11. The Morgan fingerprint density at radius 1 is 1.56 bits per heavy atom. The number of H-pyrrole nitrogens is 1. The number of aromatic amines is 1. The van der Waals surface area contributed by atoms with E-state index in [2.05, 4.69) is 4.98 Å². The fourth-order valence-electron chi connectivity index (χ4n) is 0.432. The molecule has 0 unspecified atom stereocenters. The van der Waals surface area contributed by atoms with E-state index in [0.717, 1.165) is 0 Å². The molecular weight excluding hydrogens is 252 g/mol. The zero-order chi connectivity index (χ0) is 6.85. The summed E-state index contributed by atoms with van der Waals surface area (Å²) in [4.78, 5) is 13.1. The Morgan fingerprint density at radius 3 is 2.67 bits per heavy atom. The predicted molar refractivity (Wildman–Crippen MR) is 44.8 cm³/mol. The normalized spacial score (nSPS) is 9.56. The van der Waals surface area contributed by atoms with Crippen molar-refractivity contribution in [1.29, 1.82) is 0 Å². The van der Waals surface area contributed by atoms with Crippen LogP contribution in [0.3, 0.4) is 0 Å². The van der Waals surface area contributed by atoms with Crippen molar-refractivity contribution in [1.82, 2.24) is 4.98 Å². The van der Waals surface area contributed by atoms with Gasteiger partial charge in [-0.05, 0) is 28.7 Å². The average molecular weight is 255 g/mol. The molecule has 1 heterocycles. The molecule has 2 nitrogen and oxygen atoms in total. The van der Waals surface area contributed by atoms with E-state index < -0.39 is 0 Å². The second kappa shape index (κ2) is 2.70. The number of nitrogens with one attached hydrogen (secondary N) is 1. The lowest BCUT2D eigenvalue weighted by Crippen LogP contribution is -2.04. The van der Waals surface area contributed by atoms with Crippen LogP contribution in [0, 0.1) is 3.70 Å². The van der Waals surface area contributed by atoms with E-state index in [0.29, 0.717) is 8.72 Å². The quantitative estimate of drug-likeness (QED) is 0.555. The van der Waals surface area contributed by atoms with Gasteiger partial charge in [0.15, 0.2) is 0 Å². The summed E-state index contributed by atoms with van der Waals surface area (Å²) in [5.41, 5.74) is -0.121. The SMILES string of the molecule is O=c1ccc(Cl)c(I)[nH]1. The van der Waals surface area contributed by atoms with E-state index in [4.69, 9.17) is 11.6 Å². The van der Waals surface area contributed by atoms with Crippen LogP contribution in [0.15, 0.2) is 16.9 Å². The number of pyridine rings is 1. The Labute approximate surface area is 70.4 Å². The third-order valence-corrected chi connectivity index (χ3v) is 2.31. The third-order valence-electron chi connectivity index (χ3n) is 0.824. The van der Waals surface area contributed by atoms with E-state index in [9.17, 15) is 4.79 Å². The monoisotopic (exact) mass is 255 g/mol. The van der Waals surface area contributed by atoms with Crippen molar-refractivity contribution in [3.8, 4) is 0 Å². The smallest absolute Gasteiger partial charge is 0.248 e. The van der Waals surface area contributed by atoms with Crippen molar-refractivity contribution in [2.75, 3.05) is 0 Å². The zero-order valence-corrected chi connectivity index (χ0v) is 7.23. The fourth-order valence-corrected chi connectivity index (χ4v) is 0.987. The van der Waals surface area contributed by atoms with Crippen LogP contribution < -0.4 is 5.56 Å². The molecule has 0 saturated carbocycles. The highest BCUT2D eigenvalue weighted by molar-refractivity contribution is 14.1. The Balaban J connectivity index is 3.34. The molecule has 48 valence electrons. The maximum absolute atomic E-state index is 10.5. The molecule has 0 amide bonds. The summed E-state index contributed by atoms with van der Waals surface area (Å²) in [6.07, 6.45) is 0. The van der Waals surface area contributed by atoms with Gasteiger partial charge < -0.3 is 4.98 Å². The van der Waals surface area contributed by atoms with Crippen molar-refractivity contribution in [2.24, 2.45) is 0 Å². The lowest BCUT2D eigenvalue weighted by atomic mass is 10.5. The molecule has 0 radical (unpaired) electrons. The predicted octanol–water partition coefficient (Wildman–Crippen LogP) is 1.63. The lowest BCUT2D eigenvalue weighted by Gasteiger charge is -1.90. The van der Waals surface area contributed by atoms with E-state index in [-0.39, 0.29) is 5.56 Å². The van der Waals surface area contributed by atoms with Crippen LogP contribution in [0.4, 0.5) is 0 Å². The summed E-state index contributed by atoms with van der Waals surface area (Å²) in [5.74, 6) is 0. The van der Waals surface area contributed by atoms with Crippen molar-refractivity contribution >= 4 is 34.2 Å². The Hall–Kier alpha value is -0.0300. The maximum Gasteiger partial charge on any atom is 0.248 e. The van der Waals surface area contributed by atoms with E-state index in [1.54, 1.807) is 6.07 Å². The van der Waals surface area contributed by atoms with Gasteiger partial charge in [0.25, 0.3) is 0 Å². The first-order chi connectivity index (χ1) is 4.20. The summed E-state index contributed by atoms with van der Waals surface area (Å²) in [7, 11) is 0. The molecular formula is C5H3ClINO. The minimum Gasteiger partial charge on any atom is -0.316 e. The van der Waals surface area contributed by atoms with Gasteiger partial charge in [-0.2, -0.15) is 0 Å². The van der Waals surface area contributed by atoms with E-state index >= 15 is 0 Å². The molecule has 0 spiro atoms. The van der Waals surface area contributed by atoms with Crippen molar-refractivity contribution in [3.05, 3.63) is 31.2 Å². The lowest BCUT2D eigenvalue weighted by molar-refractivity contribution is 1.19. The molecule has 9 heavy (non-hydrogen) atoms. The maximum atomic E-state index is 10.5. The van der Waals surface area contributed by atoms with Crippen LogP contribution in [0.2, 0.25) is 5.02 Å². The highest BCUT2D eigenvalue weighted by Gasteiger charge is 1.93. The highest BCUT2D eigenvalue weighted by atomic mass is 127. The van der Waals surface area contributed by atoms with Gasteiger partial charge in [0.05, 0.1) is 8.72 Å². The van der Waals surface area contributed by atoms with E-state index in [1.807, 2.05) is 22.6 Å². The van der Waals surface area contributed by atoms with Crippen molar-refractivity contribution in [2.45, 2.75) is 0 Å². The molecule has 1 aromatic rings. The summed E-state index contributed by atoms with van der Waals surface area (Å²) < 4.78 is 0.682. The number of hydrogen-bond acceptors (Lipinski definition) is 1. The van der Waals surface area contributed by atoms with Crippen LogP contribution >= 0.6 is 34.2 Å². The van der Waals surface area contributed by atoms with Gasteiger partial charge in [-0.25, -0.2) is 0 Å². The first kappa shape index (κ1) is 7.08. The van der Waals surface area contributed by atoms with Crippen LogP contribution in [0.1, 0.15) is 0 Å².